The number of ether oxygens (including phenoxy) is 1. The average molecular weight is 350 g/mol. The van der Waals surface area contributed by atoms with Gasteiger partial charge in [0.1, 0.15) is 5.75 Å². The van der Waals surface area contributed by atoms with Crippen LogP contribution in [0.5, 0.6) is 5.75 Å². The standard InChI is InChI=1S/C16H16BrNO3/c1-11-9-14(10-12(2)16(11)17)21-8-7-13-5-3-4-6-15(13)18(19)20/h3-6,9-10H,7-8H2,1-2H3. The van der Waals surface area contributed by atoms with E-state index >= 15 is 0 Å². The molecule has 21 heavy (non-hydrogen) atoms. The van der Waals surface area contributed by atoms with Crippen LogP contribution in [0.4, 0.5) is 5.69 Å². The Kier molecular flexibility index (Phi) is 4.96. The van der Waals surface area contributed by atoms with Crippen molar-refractivity contribution in [1.29, 1.82) is 0 Å². The number of hydrogen-bond acceptors (Lipinski definition) is 3. The number of para-hydroxylation sites is 1. The minimum atomic E-state index is -0.358. The van der Waals surface area contributed by atoms with Crippen LogP contribution in [-0.4, -0.2) is 11.5 Å². The highest BCUT2D eigenvalue weighted by atomic mass is 79.9. The van der Waals surface area contributed by atoms with Crippen LogP contribution in [0, 0.1) is 24.0 Å². The van der Waals surface area contributed by atoms with Crippen molar-refractivity contribution < 1.29 is 9.66 Å². The van der Waals surface area contributed by atoms with E-state index in [0.717, 1.165) is 21.3 Å². The number of aryl methyl sites for hydroxylation is 2. The van der Waals surface area contributed by atoms with E-state index in [1.54, 1.807) is 18.2 Å². The van der Waals surface area contributed by atoms with Crippen LogP contribution >= 0.6 is 15.9 Å². The van der Waals surface area contributed by atoms with Gasteiger partial charge in [-0.2, -0.15) is 0 Å². The van der Waals surface area contributed by atoms with Gasteiger partial charge in [0.05, 0.1) is 11.5 Å². The van der Waals surface area contributed by atoms with Crippen molar-refractivity contribution in [1.82, 2.24) is 0 Å². The molecule has 2 aromatic carbocycles. The normalized spacial score (nSPS) is 10.4. The first-order valence-corrected chi connectivity index (χ1v) is 7.40. The number of benzene rings is 2. The molecule has 0 bridgehead atoms. The van der Waals surface area contributed by atoms with Gasteiger partial charge in [-0.1, -0.05) is 34.1 Å². The molecule has 2 rings (SSSR count). The molecule has 4 nitrogen and oxygen atoms in total. The van der Waals surface area contributed by atoms with Crippen molar-refractivity contribution in [3.8, 4) is 5.75 Å². The maximum Gasteiger partial charge on any atom is 0.272 e. The fourth-order valence-electron chi connectivity index (χ4n) is 2.17. The van der Waals surface area contributed by atoms with Crippen LogP contribution < -0.4 is 4.74 Å². The predicted octanol–water partition coefficient (Wildman–Crippen LogP) is 4.60. The summed E-state index contributed by atoms with van der Waals surface area (Å²) in [7, 11) is 0. The Morgan fingerprint density at radius 1 is 1.19 bits per heavy atom. The van der Waals surface area contributed by atoms with E-state index in [4.69, 9.17) is 4.74 Å². The first-order valence-electron chi connectivity index (χ1n) is 6.61. The van der Waals surface area contributed by atoms with Crippen molar-refractivity contribution in [2.24, 2.45) is 0 Å². The van der Waals surface area contributed by atoms with Gasteiger partial charge >= 0.3 is 0 Å². The van der Waals surface area contributed by atoms with Crippen LogP contribution in [0.25, 0.3) is 0 Å². The van der Waals surface area contributed by atoms with Gasteiger partial charge in [-0.3, -0.25) is 10.1 Å². The molecule has 0 radical (unpaired) electrons. The number of halogens is 1. The lowest BCUT2D eigenvalue weighted by molar-refractivity contribution is -0.385. The molecule has 5 heteroatoms. The Morgan fingerprint density at radius 3 is 2.43 bits per heavy atom. The number of nitro groups is 1. The molecule has 0 saturated heterocycles. The first kappa shape index (κ1) is 15.5. The fourth-order valence-corrected chi connectivity index (χ4v) is 2.40. The average Bonchev–Trinajstić information content (AvgIpc) is 2.45. The molecule has 0 saturated carbocycles. The molecular weight excluding hydrogens is 334 g/mol. The molecule has 0 N–H and O–H groups in total. The molecule has 0 aliphatic rings. The van der Waals surface area contributed by atoms with E-state index in [9.17, 15) is 10.1 Å². The van der Waals surface area contributed by atoms with Gasteiger partial charge in [0.25, 0.3) is 5.69 Å². The van der Waals surface area contributed by atoms with E-state index in [1.165, 1.54) is 6.07 Å². The highest BCUT2D eigenvalue weighted by Gasteiger charge is 2.12. The largest absolute Gasteiger partial charge is 0.493 e. The SMILES string of the molecule is Cc1cc(OCCc2ccccc2[N+](=O)[O-])cc(C)c1Br. The minimum absolute atomic E-state index is 0.143. The number of rotatable bonds is 5. The van der Waals surface area contributed by atoms with E-state index in [2.05, 4.69) is 15.9 Å². The van der Waals surface area contributed by atoms with E-state index in [1.807, 2.05) is 26.0 Å². The van der Waals surface area contributed by atoms with Crippen molar-refractivity contribution in [3.63, 3.8) is 0 Å². The van der Waals surface area contributed by atoms with Gasteiger partial charge in [-0.05, 0) is 37.1 Å². The topological polar surface area (TPSA) is 52.4 Å². The van der Waals surface area contributed by atoms with Crippen LogP contribution in [0.3, 0.4) is 0 Å². The van der Waals surface area contributed by atoms with Gasteiger partial charge in [-0.15, -0.1) is 0 Å². The highest BCUT2D eigenvalue weighted by molar-refractivity contribution is 9.10. The second-order valence-corrected chi connectivity index (χ2v) is 5.65. The molecule has 0 heterocycles. The zero-order valence-electron chi connectivity index (χ0n) is 11.9. The summed E-state index contributed by atoms with van der Waals surface area (Å²) in [6.07, 6.45) is 0.505. The Morgan fingerprint density at radius 2 is 1.81 bits per heavy atom. The predicted molar refractivity (Wildman–Crippen MR) is 85.9 cm³/mol. The third kappa shape index (κ3) is 3.82. The first-order chi connectivity index (χ1) is 9.99. The Balaban J connectivity index is 2.04. The number of hydrogen-bond donors (Lipinski definition) is 0. The van der Waals surface area contributed by atoms with Crippen LogP contribution in [0.1, 0.15) is 16.7 Å². The molecule has 0 spiro atoms. The summed E-state index contributed by atoms with van der Waals surface area (Å²) in [5.41, 5.74) is 3.05. The third-order valence-electron chi connectivity index (χ3n) is 3.24. The monoisotopic (exact) mass is 349 g/mol. The van der Waals surface area contributed by atoms with Gasteiger partial charge in [0.15, 0.2) is 0 Å². The summed E-state index contributed by atoms with van der Waals surface area (Å²) in [6, 6.07) is 10.7. The van der Waals surface area contributed by atoms with E-state index in [-0.39, 0.29) is 10.6 Å². The third-order valence-corrected chi connectivity index (χ3v) is 4.49. The smallest absolute Gasteiger partial charge is 0.272 e. The lowest BCUT2D eigenvalue weighted by Gasteiger charge is -2.10. The van der Waals surface area contributed by atoms with E-state index in [0.29, 0.717) is 18.6 Å². The molecule has 0 unspecified atom stereocenters. The highest BCUT2D eigenvalue weighted by Crippen LogP contribution is 2.26. The lowest BCUT2D eigenvalue weighted by atomic mass is 10.1. The van der Waals surface area contributed by atoms with Crippen molar-refractivity contribution in [3.05, 3.63) is 67.7 Å². The Labute approximate surface area is 132 Å². The van der Waals surface area contributed by atoms with Gasteiger partial charge in [0.2, 0.25) is 0 Å². The van der Waals surface area contributed by atoms with E-state index < -0.39 is 0 Å². The number of nitrogens with zero attached hydrogens (tertiary/aromatic N) is 1. The molecule has 2 aromatic rings. The molecule has 0 atom stereocenters. The summed E-state index contributed by atoms with van der Waals surface area (Å²) >= 11 is 3.51. The second kappa shape index (κ2) is 6.72. The van der Waals surface area contributed by atoms with Gasteiger partial charge in [0, 0.05) is 22.5 Å². The second-order valence-electron chi connectivity index (χ2n) is 4.86. The Hall–Kier alpha value is -1.88. The van der Waals surface area contributed by atoms with Crippen LogP contribution in [-0.2, 0) is 6.42 Å². The molecule has 0 aliphatic heterocycles. The summed E-state index contributed by atoms with van der Waals surface area (Å²) < 4.78 is 6.80. The molecule has 110 valence electrons. The van der Waals surface area contributed by atoms with Crippen molar-refractivity contribution in [2.45, 2.75) is 20.3 Å². The maximum absolute atomic E-state index is 10.9. The summed E-state index contributed by atoms with van der Waals surface area (Å²) in [4.78, 5) is 10.6. The van der Waals surface area contributed by atoms with Crippen LogP contribution in [0.15, 0.2) is 40.9 Å². The summed E-state index contributed by atoms with van der Waals surface area (Å²) in [5, 5.41) is 10.9. The molecule has 0 aromatic heterocycles. The summed E-state index contributed by atoms with van der Waals surface area (Å²) in [5.74, 6) is 0.784. The fraction of sp³-hybridized carbons (Fsp3) is 0.250. The maximum atomic E-state index is 10.9. The Bertz CT molecular complexity index is 647. The van der Waals surface area contributed by atoms with Crippen LogP contribution in [0.2, 0.25) is 0 Å². The summed E-state index contributed by atoms with van der Waals surface area (Å²) in [6.45, 7) is 4.42. The molecule has 0 fully saturated rings. The zero-order valence-corrected chi connectivity index (χ0v) is 13.5. The minimum Gasteiger partial charge on any atom is -0.493 e. The number of nitro benzene ring substituents is 1. The molecule has 0 aliphatic carbocycles. The van der Waals surface area contributed by atoms with Crippen molar-refractivity contribution in [2.75, 3.05) is 6.61 Å². The lowest BCUT2D eigenvalue weighted by Crippen LogP contribution is -2.04. The zero-order chi connectivity index (χ0) is 15.4. The van der Waals surface area contributed by atoms with Gasteiger partial charge < -0.3 is 4.74 Å². The van der Waals surface area contributed by atoms with Gasteiger partial charge in [-0.25, -0.2) is 0 Å². The van der Waals surface area contributed by atoms with Crippen molar-refractivity contribution >= 4 is 21.6 Å². The molecular formula is C16H16BrNO3. The molecule has 0 amide bonds. The quantitative estimate of drug-likeness (QED) is 0.585.